The minimum Gasteiger partial charge on any atom is -0.469 e. The molecule has 2 rings (SSSR count). The topological polar surface area (TPSA) is 51.0 Å². The molecule has 2 heterocycles. The highest BCUT2D eigenvalue weighted by Crippen LogP contribution is 2.25. The van der Waals surface area contributed by atoms with E-state index in [9.17, 15) is 0 Å². The highest BCUT2D eigenvalue weighted by molar-refractivity contribution is 7.14. The van der Waals surface area contributed by atoms with E-state index in [1.54, 1.807) is 17.6 Å². The second kappa shape index (κ2) is 5.42. The van der Waals surface area contributed by atoms with Crippen LogP contribution < -0.4 is 5.32 Å². The Hall–Kier alpha value is -1.20. The van der Waals surface area contributed by atoms with E-state index in [4.69, 9.17) is 4.42 Å². The summed E-state index contributed by atoms with van der Waals surface area (Å²) in [6.07, 6.45) is 1.72. The van der Waals surface area contributed by atoms with E-state index in [-0.39, 0.29) is 0 Å². The molecule has 4 nitrogen and oxygen atoms in total. The first-order chi connectivity index (χ1) is 8.15. The van der Waals surface area contributed by atoms with Crippen LogP contribution in [0.1, 0.15) is 24.6 Å². The number of aryl methyl sites for hydroxylation is 1. The third-order valence-corrected chi connectivity index (χ3v) is 3.25. The quantitative estimate of drug-likeness (QED) is 0.887. The van der Waals surface area contributed by atoms with E-state index >= 15 is 0 Å². The zero-order valence-corrected chi connectivity index (χ0v) is 11.2. The first-order valence-electron chi connectivity index (χ1n) is 5.73. The smallest absolute Gasteiger partial charge is 0.151 e. The van der Waals surface area contributed by atoms with Gasteiger partial charge in [-0.15, -0.1) is 10.2 Å². The summed E-state index contributed by atoms with van der Waals surface area (Å²) < 4.78 is 5.26. The average Bonchev–Trinajstić information content (AvgIpc) is 2.86. The summed E-state index contributed by atoms with van der Waals surface area (Å²) in [4.78, 5) is 0. The monoisotopic (exact) mass is 251 g/mol. The molecule has 92 valence electrons. The molecule has 0 atom stereocenters. The SMILES string of the molecule is Cc1cc(-c2nnc(CNCC(C)C)s2)co1. The van der Waals surface area contributed by atoms with Crippen LogP contribution in [0.3, 0.4) is 0 Å². The normalized spacial score (nSPS) is 11.3. The van der Waals surface area contributed by atoms with Crippen LogP contribution >= 0.6 is 11.3 Å². The van der Waals surface area contributed by atoms with Crippen LogP contribution in [0.2, 0.25) is 0 Å². The molecular weight excluding hydrogens is 234 g/mol. The zero-order valence-electron chi connectivity index (χ0n) is 10.4. The Morgan fingerprint density at radius 1 is 1.41 bits per heavy atom. The Morgan fingerprint density at radius 2 is 2.24 bits per heavy atom. The predicted molar refractivity (Wildman–Crippen MR) is 68.9 cm³/mol. The molecular formula is C12H17N3OS. The second-order valence-corrected chi connectivity index (χ2v) is 5.53. The number of nitrogens with zero attached hydrogens (tertiary/aromatic N) is 2. The Labute approximate surface area is 105 Å². The van der Waals surface area contributed by atoms with Crippen LogP contribution in [0.5, 0.6) is 0 Å². The van der Waals surface area contributed by atoms with Gasteiger partial charge in [0.1, 0.15) is 17.0 Å². The van der Waals surface area contributed by atoms with Gasteiger partial charge in [0.25, 0.3) is 0 Å². The summed E-state index contributed by atoms with van der Waals surface area (Å²) in [5.41, 5.74) is 1.01. The molecule has 0 amide bonds. The van der Waals surface area contributed by atoms with Crippen molar-refractivity contribution in [3.63, 3.8) is 0 Å². The number of aromatic nitrogens is 2. The van der Waals surface area contributed by atoms with E-state index in [2.05, 4.69) is 29.4 Å². The Bertz CT molecular complexity index is 476. The molecule has 0 saturated carbocycles. The van der Waals surface area contributed by atoms with Gasteiger partial charge in [-0.25, -0.2) is 0 Å². The van der Waals surface area contributed by atoms with Gasteiger partial charge in [-0.3, -0.25) is 0 Å². The Balaban J connectivity index is 1.96. The second-order valence-electron chi connectivity index (χ2n) is 4.47. The summed E-state index contributed by atoms with van der Waals surface area (Å²) in [6.45, 7) is 8.08. The molecule has 0 aromatic carbocycles. The molecule has 0 aliphatic heterocycles. The van der Waals surface area contributed by atoms with Crippen molar-refractivity contribution in [2.24, 2.45) is 5.92 Å². The number of furan rings is 1. The highest BCUT2D eigenvalue weighted by Gasteiger charge is 2.08. The molecule has 0 radical (unpaired) electrons. The first kappa shape index (κ1) is 12.3. The third-order valence-electron chi connectivity index (χ3n) is 2.27. The molecule has 0 aliphatic carbocycles. The average molecular weight is 251 g/mol. The molecule has 5 heteroatoms. The largest absolute Gasteiger partial charge is 0.469 e. The maximum Gasteiger partial charge on any atom is 0.151 e. The van der Waals surface area contributed by atoms with E-state index in [1.165, 1.54) is 0 Å². The van der Waals surface area contributed by atoms with Gasteiger partial charge in [0.15, 0.2) is 5.01 Å². The van der Waals surface area contributed by atoms with Crippen molar-refractivity contribution < 1.29 is 4.42 Å². The van der Waals surface area contributed by atoms with E-state index < -0.39 is 0 Å². The van der Waals surface area contributed by atoms with Crippen molar-refractivity contribution in [3.8, 4) is 10.6 Å². The molecule has 1 N–H and O–H groups in total. The number of rotatable bonds is 5. The van der Waals surface area contributed by atoms with Crippen LogP contribution in [0, 0.1) is 12.8 Å². The zero-order chi connectivity index (χ0) is 12.3. The summed E-state index contributed by atoms with van der Waals surface area (Å²) in [7, 11) is 0. The molecule has 2 aromatic heterocycles. The maximum atomic E-state index is 5.26. The molecule has 2 aromatic rings. The summed E-state index contributed by atoms with van der Waals surface area (Å²) in [5.74, 6) is 1.55. The van der Waals surface area contributed by atoms with Gasteiger partial charge in [-0.1, -0.05) is 25.2 Å². The van der Waals surface area contributed by atoms with Gasteiger partial charge in [0, 0.05) is 6.54 Å². The van der Waals surface area contributed by atoms with Crippen molar-refractivity contribution in [1.82, 2.24) is 15.5 Å². The van der Waals surface area contributed by atoms with E-state index in [0.717, 1.165) is 34.4 Å². The van der Waals surface area contributed by atoms with Gasteiger partial charge in [0.05, 0.1) is 5.56 Å². The number of hydrogen-bond acceptors (Lipinski definition) is 5. The van der Waals surface area contributed by atoms with Crippen LogP contribution in [0.4, 0.5) is 0 Å². The summed E-state index contributed by atoms with van der Waals surface area (Å²) in [6, 6.07) is 1.98. The van der Waals surface area contributed by atoms with Crippen molar-refractivity contribution in [1.29, 1.82) is 0 Å². The molecule has 0 unspecified atom stereocenters. The van der Waals surface area contributed by atoms with Gasteiger partial charge < -0.3 is 9.73 Å². The van der Waals surface area contributed by atoms with Crippen molar-refractivity contribution in [2.45, 2.75) is 27.3 Å². The standard InChI is InChI=1S/C12H17N3OS/c1-8(2)5-13-6-11-14-15-12(17-11)10-4-9(3)16-7-10/h4,7-8,13H,5-6H2,1-3H3. The van der Waals surface area contributed by atoms with Crippen molar-refractivity contribution in [3.05, 3.63) is 23.1 Å². The number of nitrogens with one attached hydrogen (secondary N) is 1. The number of hydrogen-bond donors (Lipinski definition) is 1. The predicted octanol–water partition coefficient (Wildman–Crippen LogP) is 2.85. The fourth-order valence-corrected chi connectivity index (χ4v) is 2.25. The first-order valence-corrected chi connectivity index (χ1v) is 6.55. The molecule has 0 saturated heterocycles. The molecule has 0 fully saturated rings. The fourth-order valence-electron chi connectivity index (χ4n) is 1.47. The third kappa shape index (κ3) is 3.38. The van der Waals surface area contributed by atoms with Crippen LogP contribution in [0.25, 0.3) is 10.6 Å². The molecule has 0 spiro atoms. The van der Waals surface area contributed by atoms with Gasteiger partial charge in [-0.05, 0) is 25.5 Å². The van der Waals surface area contributed by atoms with E-state index in [1.807, 2.05) is 13.0 Å². The lowest BCUT2D eigenvalue weighted by molar-refractivity contribution is 0.535. The molecule has 0 bridgehead atoms. The Morgan fingerprint density at radius 3 is 2.88 bits per heavy atom. The van der Waals surface area contributed by atoms with Crippen LogP contribution in [0.15, 0.2) is 16.7 Å². The minimum absolute atomic E-state index is 0.652. The summed E-state index contributed by atoms with van der Waals surface area (Å²) >= 11 is 1.61. The van der Waals surface area contributed by atoms with Crippen molar-refractivity contribution in [2.75, 3.05) is 6.54 Å². The minimum atomic E-state index is 0.652. The maximum absolute atomic E-state index is 5.26. The van der Waals surface area contributed by atoms with E-state index in [0.29, 0.717) is 5.92 Å². The highest BCUT2D eigenvalue weighted by atomic mass is 32.1. The van der Waals surface area contributed by atoms with Crippen LogP contribution in [-0.2, 0) is 6.54 Å². The van der Waals surface area contributed by atoms with Gasteiger partial charge in [0.2, 0.25) is 0 Å². The Kier molecular flexibility index (Phi) is 3.91. The molecule has 0 aliphatic rings. The lowest BCUT2D eigenvalue weighted by Crippen LogP contribution is -2.18. The van der Waals surface area contributed by atoms with Gasteiger partial charge >= 0.3 is 0 Å². The lowest BCUT2D eigenvalue weighted by Gasteiger charge is -2.03. The van der Waals surface area contributed by atoms with Crippen LogP contribution in [-0.4, -0.2) is 16.7 Å². The lowest BCUT2D eigenvalue weighted by atomic mass is 10.2. The molecule has 17 heavy (non-hydrogen) atoms. The summed E-state index contributed by atoms with van der Waals surface area (Å²) in [5, 5.41) is 13.6. The van der Waals surface area contributed by atoms with Gasteiger partial charge in [-0.2, -0.15) is 0 Å². The fraction of sp³-hybridized carbons (Fsp3) is 0.500. The van der Waals surface area contributed by atoms with Crippen molar-refractivity contribution >= 4 is 11.3 Å².